The Labute approximate surface area is 96.0 Å². The van der Waals surface area contributed by atoms with Crippen molar-refractivity contribution in [1.29, 1.82) is 0 Å². The molecule has 3 rings (SSSR count). The second-order valence-corrected chi connectivity index (χ2v) is 4.73. The number of benzene rings is 1. The van der Waals surface area contributed by atoms with Crippen molar-refractivity contribution in [2.45, 2.75) is 18.9 Å². The summed E-state index contributed by atoms with van der Waals surface area (Å²) in [5.41, 5.74) is 1.79. The molecule has 1 atom stereocenters. The van der Waals surface area contributed by atoms with Crippen LogP contribution in [0, 0.1) is 0 Å². The third-order valence-corrected chi connectivity index (χ3v) is 3.22. The molecule has 0 amide bonds. The average Bonchev–Trinajstić information content (AvgIpc) is 2.84. The van der Waals surface area contributed by atoms with Gasteiger partial charge in [-0.25, -0.2) is 4.98 Å². The number of aromatic nitrogens is 1. The molecule has 0 spiro atoms. The Morgan fingerprint density at radius 2 is 2.40 bits per heavy atom. The van der Waals surface area contributed by atoms with Gasteiger partial charge < -0.3 is 9.73 Å². The van der Waals surface area contributed by atoms with Gasteiger partial charge in [0.05, 0.1) is 6.04 Å². The lowest BCUT2D eigenvalue weighted by Gasteiger charge is -2.02. The molecular weight excluding hydrogens is 256 g/mol. The minimum absolute atomic E-state index is 0.302. The quantitative estimate of drug-likeness (QED) is 0.863. The summed E-state index contributed by atoms with van der Waals surface area (Å²) < 4.78 is 6.75. The molecule has 2 heterocycles. The number of rotatable bonds is 1. The predicted molar refractivity (Wildman–Crippen MR) is 61.7 cm³/mol. The van der Waals surface area contributed by atoms with Gasteiger partial charge in [-0.3, -0.25) is 0 Å². The number of halogens is 1. The van der Waals surface area contributed by atoms with E-state index in [1.54, 1.807) is 0 Å². The summed E-state index contributed by atoms with van der Waals surface area (Å²) in [6, 6.07) is 6.22. The molecule has 1 unspecified atom stereocenters. The van der Waals surface area contributed by atoms with E-state index in [4.69, 9.17) is 4.42 Å². The van der Waals surface area contributed by atoms with Gasteiger partial charge in [-0.2, -0.15) is 0 Å². The van der Waals surface area contributed by atoms with Gasteiger partial charge in [0.25, 0.3) is 0 Å². The molecule has 4 heteroatoms. The number of hydrogen-bond donors (Lipinski definition) is 1. The number of fused-ring (bicyclic) bond motifs is 1. The molecule has 15 heavy (non-hydrogen) atoms. The molecule has 1 aromatic heterocycles. The van der Waals surface area contributed by atoms with Crippen LogP contribution in [0.4, 0.5) is 0 Å². The molecule has 0 aliphatic carbocycles. The van der Waals surface area contributed by atoms with Crippen molar-refractivity contribution in [2.24, 2.45) is 0 Å². The normalized spacial score (nSPS) is 21.3. The molecule has 2 aromatic rings. The molecule has 78 valence electrons. The van der Waals surface area contributed by atoms with Crippen LogP contribution in [-0.2, 0) is 0 Å². The van der Waals surface area contributed by atoms with Crippen LogP contribution in [0.15, 0.2) is 27.1 Å². The number of nitrogens with one attached hydrogen (secondary N) is 1. The van der Waals surface area contributed by atoms with Gasteiger partial charge in [0.2, 0.25) is 5.89 Å². The lowest BCUT2D eigenvalue weighted by molar-refractivity contribution is 0.451. The maximum Gasteiger partial charge on any atom is 0.212 e. The highest BCUT2D eigenvalue weighted by Gasteiger charge is 2.21. The Balaban J connectivity index is 2.05. The van der Waals surface area contributed by atoms with Crippen LogP contribution in [-0.4, -0.2) is 11.5 Å². The zero-order chi connectivity index (χ0) is 10.3. The standard InChI is InChI=1S/C11H11BrN2O/c12-7-3-4-8-10(6-7)15-11(14-8)9-2-1-5-13-9/h3-4,6,9,13H,1-2,5H2. The maximum atomic E-state index is 5.73. The first-order valence-corrected chi connectivity index (χ1v) is 5.91. The van der Waals surface area contributed by atoms with E-state index in [-0.39, 0.29) is 0 Å². The Morgan fingerprint density at radius 1 is 1.47 bits per heavy atom. The highest BCUT2D eigenvalue weighted by molar-refractivity contribution is 9.10. The Morgan fingerprint density at radius 3 is 3.20 bits per heavy atom. The van der Waals surface area contributed by atoms with Crippen LogP contribution in [0.3, 0.4) is 0 Å². The topological polar surface area (TPSA) is 38.1 Å². The van der Waals surface area contributed by atoms with Crippen LogP contribution in [0.1, 0.15) is 24.8 Å². The zero-order valence-electron chi connectivity index (χ0n) is 8.16. The highest BCUT2D eigenvalue weighted by atomic mass is 79.9. The molecule has 3 nitrogen and oxygen atoms in total. The summed E-state index contributed by atoms with van der Waals surface area (Å²) in [4.78, 5) is 4.49. The maximum absolute atomic E-state index is 5.73. The van der Waals surface area contributed by atoms with E-state index in [1.165, 1.54) is 6.42 Å². The monoisotopic (exact) mass is 266 g/mol. The third-order valence-electron chi connectivity index (χ3n) is 2.73. The zero-order valence-corrected chi connectivity index (χ0v) is 9.75. The van der Waals surface area contributed by atoms with E-state index in [2.05, 4.69) is 26.2 Å². The summed E-state index contributed by atoms with van der Waals surface area (Å²) in [6.45, 7) is 1.06. The van der Waals surface area contributed by atoms with Crippen molar-refractivity contribution in [3.05, 3.63) is 28.6 Å². The Hall–Kier alpha value is -0.870. The van der Waals surface area contributed by atoms with Crippen LogP contribution < -0.4 is 5.32 Å². The van der Waals surface area contributed by atoms with Crippen molar-refractivity contribution < 1.29 is 4.42 Å². The Bertz CT molecular complexity index is 488. The molecule has 1 saturated heterocycles. The molecular formula is C11H11BrN2O. The average molecular weight is 267 g/mol. The first-order valence-electron chi connectivity index (χ1n) is 5.12. The van der Waals surface area contributed by atoms with Crippen LogP contribution in [0.2, 0.25) is 0 Å². The summed E-state index contributed by atoms with van der Waals surface area (Å²) in [5.74, 6) is 0.820. The van der Waals surface area contributed by atoms with Crippen LogP contribution in [0.5, 0.6) is 0 Å². The molecule has 1 fully saturated rings. The van der Waals surface area contributed by atoms with Gasteiger partial charge in [-0.1, -0.05) is 15.9 Å². The van der Waals surface area contributed by atoms with E-state index in [9.17, 15) is 0 Å². The van der Waals surface area contributed by atoms with Gasteiger partial charge in [0.1, 0.15) is 5.52 Å². The lowest BCUT2D eigenvalue weighted by atomic mass is 10.2. The number of hydrogen-bond acceptors (Lipinski definition) is 3. The molecule has 0 radical (unpaired) electrons. The van der Waals surface area contributed by atoms with Crippen molar-refractivity contribution in [3.8, 4) is 0 Å². The lowest BCUT2D eigenvalue weighted by Crippen LogP contribution is -2.12. The molecule has 1 aromatic carbocycles. The Kier molecular flexibility index (Phi) is 2.25. The SMILES string of the molecule is Brc1ccc2nc(C3CCCN3)oc2c1. The summed E-state index contributed by atoms with van der Waals surface area (Å²) in [7, 11) is 0. The van der Waals surface area contributed by atoms with Gasteiger partial charge in [0.15, 0.2) is 5.58 Å². The minimum Gasteiger partial charge on any atom is -0.439 e. The van der Waals surface area contributed by atoms with Crippen molar-refractivity contribution in [1.82, 2.24) is 10.3 Å². The molecule has 1 N–H and O–H groups in total. The van der Waals surface area contributed by atoms with Crippen molar-refractivity contribution >= 4 is 27.0 Å². The molecule has 0 bridgehead atoms. The predicted octanol–water partition coefficient (Wildman–Crippen LogP) is 3.01. The van der Waals surface area contributed by atoms with E-state index in [0.29, 0.717) is 6.04 Å². The second-order valence-electron chi connectivity index (χ2n) is 3.81. The minimum atomic E-state index is 0.302. The van der Waals surface area contributed by atoms with Gasteiger partial charge in [0, 0.05) is 4.47 Å². The first-order chi connectivity index (χ1) is 7.33. The summed E-state index contributed by atoms with van der Waals surface area (Å²) in [6.07, 6.45) is 2.32. The van der Waals surface area contributed by atoms with Gasteiger partial charge in [-0.05, 0) is 37.6 Å². The number of nitrogens with zero attached hydrogens (tertiary/aromatic N) is 1. The van der Waals surface area contributed by atoms with Gasteiger partial charge in [-0.15, -0.1) is 0 Å². The summed E-state index contributed by atoms with van der Waals surface area (Å²) >= 11 is 3.42. The van der Waals surface area contributed by atoms with Crippen molar-refractivity contribution in [3.63, 3.8) is 0 Å². The van der Waals surface area contributed by atoms with Gasteiger partial charge >= 0.3 is 0 Å². The molecule has 0 saturated carbocycles. The van der Waals surface area contributed by atoms with E-state index in [1.807, 2.05) is 18.2 Å². The van der Waals surface area contributed by atoms with E-state index in [0.717, 1.165) is 34.4 Å². The largest absolute Gasteiger partial charge is 0.439 e. The van der Waals surface area contributed by atoms with E-state index >= 15 is 0 Å². The fourth-order valence-electron chi connectivity index (χ4n) is 1.96. The first kappa shape index (κ1) is 9.36. The van der Waals surface area contributed by atoms with E-state index < -0.39 is 0 Å². The van der Waals surface area contributed by atoms with Crippen LogP contribution in [0.25, 0.3) is 11.1 Å². The third kappa shape index (κ3) is 1.68. The second kappa shape index (κ2) is 3.61. The number of oxazole rings is 1. The van der Waals surface area contributed by atoms with Crippen LogP contribution >= 0.6 is 15.9 Å². The van der Waals surface area contributed by atoms with Crippen molar-refractivity contribution in [2.75, 3.05) is 6.54 Å². The molecule has 1 aliphatic heterocycles. The fraction of sp³-hybridized carbons (Fsp3) is 0.364. The summed E-state index contributed by atoms with van der Waals surface area (Å²) in [5, 5.41) is 3.38. The molecule has 1 aliphatic rings. The highest BCUT2D eigenvalue weighted by Crippen LogP contribution is 2.27. The fourth-order valence-corrected chi connectivity index (χ4v) is 2.30. The smallest absolute Gasteiger partial charge is 0.212 e.